The van der Waals surface area contributed by atoms with Crippen LogP contribution in [-0.4, -0.2) is 52.2 Å². The molecule has 7 nitrogen and oxygen atoms in total. The number of hydrogen-bond donors (Lipinski definition) is 2. The summed E-state index contributed by atoms with van der Waals surface area (Å²) < 4.78 is 33.9. The molecule has 24 heavy (non-hydrogen) atoms. The van der Waals surface area contributed by atoms with Gasteiger partial charge in [0.15, 0.2) is 27.3 Å². The van der Waals surface area contributed by atoms with Crippen LogP contribution >= 0.6 is 0 Å². The summed E-state index contributed by atoms with van der Waals surface area (Å²) >= 11 is 0. The molecule has 1 heterocycles. The molecular weight excluding hydrogens is 330 g/mol. The molecule has 1 aliphatic heterocycles. The van der Waals surface area contributed by atoms with Crippen molar-refractivity contribution in [1.82, 2.24) is 5.32 Å². The van der Waals surface area contributed by atoms with E-state index in [0.717, 1.165) is 17.9 Å². The van der Waals surface area contributed by atoms with Gasteiger partial charge in [-0.05, 0) is 26.0 Å². The Morgan fingerprint density at radius 3 is 2.54 bits per heavy atom. The number of aliphatic imine (C=N–C) groups is 1. The van der Waals surface area contributed by atoms with E-state index in [1.165, 1.54) is 6.26 Å². The molecule has 134 valence electrons. The summed E-state index contributed by atoms with van der Waals surface area (Å²) in [4.78, 5) is 4.13. The first-order chi connectivity index (χ1) is 11.2. The molecule has 0 spiro atoms. The molecule has 1 aromatic carbocycles. The summed E-state index contributed by atoms with van der Waals surface area (Å²) in [6.07, 6.45) is 2.08. The van der Waals surface area contributed by atoms with Gasteiger partial charge in [0.25, 0.3) is 0 Å². The van der Waals surface area contributed by atoms with Crippen LogP contribution in [0.1, 0.15) is 20.3 Å². The van der Waals surface area contributed by atoms with Crippen LogP contribution in [0.2, 0.25) is 0 Å². The van der Waals surface area contributed by atoms with Gasteiger partial charge < -0.3 is 20.1 Å². The molecule has 0 fully saturated rings. The second-order valence-electron chi connectivity index (χ2n) is 6.29. The van der Waals surface area contributed by atoms with Crippen molar-refractivity contribution in [3.63, 3.8) is 0 Å². The maximum Gasteiger partial charge on any atom is 0.195 e. The summed E-state index contributed by atoms with van der Waals surface area (Å²) in [7, 11) is -1.55. The van der Waals surface area contributed by atoms with Crippen LogP contribution in [0.5, 0.6) is 11.5 Å². The third-order valence-electron chi connectivity index (χ3n) is 3.92. The molecular formula is C16H25N3O4S. The first-order valence-corrected chi connectivity index (χ1v) is 9.69. The first kappa shape index (κ1) is 18.4. The van der Waals surface area contributed by atoms with Crippen LogP contribution in [-0.2, 0) is 9.84 Å². The number of hydrogen-bond acceptors (Lipinski definition) is 5. The highest BCUT2D eigenvalue weighted by molar-refractivity contribution is 7.92. The summed E-state index contributed by atoms with van der Waals surface area (Å²) in [5.41, 5.74) is 0.782. The summed E-state index contributed by atoms with van der Waals surface area (Å²) in [5, 5.41) is 6.18. The van der Waals surface area contributed by atoms with Gasteiger partial charge >= 0.3 is 0 Å². The van der Waals surface area contributed by atoms with Crippen molar-refractivity contribution >= 4 is 21.5 Å². The van der Waals surface area contributed by atoms with E-state index in [1.54, 1.807) is 20.9 Å². The van der Waals surface area contributed by atoms with Crippen molar-refractivity contribution in [2.75, 3.05) is 38.4 Å². The fraction of sp³-hybridized carbons (Fsp3) is 0.562. The van der Waals surface area contributed by atoms with Crippen molar-refractivity contribution in [2.45, 2.75) is 25.0 Å². The SMILES string of the molecule is CN=C(NCC(C)(C)S(C)(=O)=O)Nc1ccc2c(c1)OCCCO2. The van der Waals surface area contributed by atoms with Crippen molar-refractivity contribution in [3.05, 3.63) is 18.2 Å². The Labute approximate surface area is 143 Å². The van der Waals surface area contributed by atoms with Crippen molar-refractivity contribution < 1.29 is 17.9 Å². The van der Waals surface area contributed by atoms with Crippen LogP contribution < -0.4 is 20.1 Å². The zero-order valence-corrected chi connectivity index (χ0v) is 15.4. The van der Waals surface area contributed by atoms with E-state index >= 15 is 0 Å². The Bertz CT molecular complexity index is 714. The van der Waals surface area contributed by atoms with Crippen LogP contribution in [0.4, 0.5) is 5.69 Å². The van der Waals surface area contributed by atoms with Gasteiger partial charge in [-0.3, -0.25) is 4.99 Å². The summed E-state index contributed by atoms with van der Waals surface area (Å²) in [5.74, 6) is 1.89. The van der Waals surface area contributed by atoms with E-state index in [0.29, 0.717) is 24.9 Å². The van der Waals surface area contributed by atoms with Gasteiger partial charge in [0.05, 0.1) is 18.0 Å². The number of guanidine groups is 1. The van der Waals surface area contributed by atoms with Gasteiger partial charge in [-0.1, -0.05) is 0 Å². The van der Waals surface area contributed by atoms with Gasteiger partial charge in [-0.15, -0.1) is 0 Å². The second-order valence-corrected chi connectivity index (χ2v) is 8.94. The number of rotatable bonds is 4. The molecule has 0 unspecified atom stereocenters. The molecule has 0 radical (unpaired) electrons. The highest BCUT2D eigenvalue weighted by Gasteiger charge is 2.30. The third kappa shape index (κ3) is 4.53. The zero-order valence-electron chi connectivity index (χ0n) is 14.5. The van der Waals surface area contributed by atoms with Crippen LogP contribution in [0, 0.1) is 0 Å². The molecule has 2 rings (SSSR count). The highest BCUT2D eigenvalue weighted by Crippen LogP contribution is 2.32. The smallest absolute Gasteiger partial charge is 0.195 e. The van der Waals surface area contributed by atoms with Crippen LogP contribution in [0.15, 0.2) is 23.2 Å². The number of ether oxygens (including phenoxy) is 2. The Morgan fingerprint density at radius 2 is 1.92 bits per heavy atom. The Hall–Kier alpha value is -1.96. The molecule has 2 N–H and O–H groups in total. The third-order valence-corrected chi connectivity index (χ3v) is 6.07. The maximum atomic E-state index is 11.8. The normalized spacial score (nSPS) is 15.6. The zero-order chi connectivity index (χ0) is 17.8. The molecule has 0 amide bonds. The maximum absolute atomic E-state index is 11.8. The van der Waals surface area contributed by atoms with E-state index in [9.17, 15) is 8.42 Å². The second kappa shape index (κ2) is 7.29. The topological polar surface area (TPSA) is 89.0 Å². The molecule has 0 saturated heterocycles. The molecule has 8 heteroatoms. The van der Waals surface area contributed by atoms with E-state index < -0.39 is 14.6 Å². The highest BCUT2D eigenvalue weighted by atomic mass is 32.2. The Balaban J connectivity index is 2.05. The first-order valence-electron chi connectivity index (χ1n) is 7.80. The van der Waals surface area contributed by atoms with Gasteiger partial charge in [0, 0.05) is 38.0 Å². The molecule has 0 aromatic heterocycles. The monoisotopic (exact) mass is 355 g/mol. The molecule has 0 atom stereocenters. The lowest BCUT2D eigenvalue weighted by Crippen LogP contribution is -2.45. The number of benzene rings is 1. The van der Waals surface area contributed by atoms with Gasteiger partial charge in [0.2, 0.25) is 0 Å². The van der Waals surface area contributed by atoms with Crippen molar-refractivity contribution in [3.8, 4) is 11.5 Å². The predicted molar refractivity (Wildman–Crippen MR) is 96.0 cm³/mol. The van der Waals surface area contributed by atoms with E-state index in [-0.39, 0.29) is 6.54 Å². The number of nitrogens with zero attached hydrogens (tertiary/aromatic N) is 1. The van der Waals surface area contributed by atoms with Crippen molar-refractivity contribution in [1.29, 1.82) is 0 Å². The van der Waals surface area contributed by atoms with Crippen LogP contribution in [0.25, 0.3) is 0 Å². The van der Waals surface area contributed by atoms with Gasteiger partial charge in [0.1, 0.15) is 0 Å². The predicted octanol–water partition coefficient (Wildman–Crippen LogP) is 1.66. The molecule has 0 saturated carbocycles. The lowest BCUT2D eigenvalue weighted by molar-refractivity contribution is 0.297. The lowest BCUT2D eigenvalue weighted by atomic mass is 10.2. The minimum Gasteiger partial charge on any atom is -0.490 e. The summed E-state index contributed by atoms with van der Waals surface area (Å²) in [6.45, 7) is 4.86. The quantitative estimate of drug-likeness (QED) is 0.631. The molecule has 0 aliphatic carbocycles. The lowest BCUT2D eigenvalue weighted by Gasteiger charge is -2.24. The van der Waals surface area contributed by atoms with Gasteiger partial charge in [-0.25, -0.2) is 8.42 Å². The average molecular weight is 355 g/mol. The molecule has 1 aliphatic rings. The average Bonchev–Trinajstić information content (AvgIpc) is 2.75. The minimum absolute atomic E-state index is 0.246. The van der Waals surface area contributed by atoms with Crippen molar-refractivity contribution in [2.24, 2.45) is 4.99 Å². The standard InChI is InChI=1S/C16H25N3O4S/c1-16(2,24(4,20)21)11-18-15(17-3)19-12-6-7-13-14(10-12)23-9-5-8-22-13/h6-7,10H,5,8-9,11H2,1-4H3,(H2,17,18,19). The fourth-order valence-electron chi connectivity index (χ4n) is 1.98. The molecule has 1 aromatic rings. The Kier molecular flexibility index (Phi) is 5.58. The van der Waals surface area contributed by atoms with E-state index in [1.807, 2.05) is 18.2 Å². The summed E-state index contributed by atoms with van der Waals surface area (Å²) in [6, 6.07) is 5.55. The largest absolute Gasteiger partial charge is 0.490 e. The van der Waals surface area contributed by atoms with Crippen LogP contribution in [0.3, 0.4) is 0 Å². The number of anilines is 1. The molecule has 0 bridgehead atoms. The minimum atomic E-state index is -3.18. The Morgan fingerprint density at radius 1 is 1.25 bits per heavy atom. The fourth-order valence-corrected chi connectivity index (χ4v) is 2.32. The number of fused-ring (bicyclic) bond motifs is 1. The number of sulfone groups is 1. The van der Waals surface area contributed by atoms with E-state index in [2.05, 4.69) is 15.6 Å². The van der Waals surface area contributed by atoms with Gasteiger partial charge in [-0.2, -0.15) is 0 Å². The number of nitrogens with one attached hydrogen (secondary N) is 2. The van der Waals surface area contributed by atoms with E-state index in [4.69, 9.17) is 9.47 Å².